The van der Waals surface area contributed by atoms with E-state index in [1.807, 2.05) is 0 Å². The fourth-order valence-electron chi connectivity index (χ4n) is 3.67. The molecule has 2 aliphatic rings. The molecule has 2 heterocycles. The first kappa shape index (κ1) is 22.9. The molecule has 0 saturated carbocycles. The van der Waals surface area contributed by atoms with Crippen molar-refractivity contribution in [2.75, 3.05) is 13.2 Å². The van der Waals surface area contributed by atoms with E-state index in [0.29, 0.717) is 0 Å². The molecule has 2 fully saturated rings. The van der Waals surface area contributed by atoms with Crippen LogP contribution in [-0.2, 0) is 23.7 Å². The number of rotatable bonds is 3. The number of nitrogens with zero attached hydrogens (tertiary/aromatic N) is 1. The lowest BCUT2D eigenvalue weighted by molar-refractivity contribution is -0.162. The molecule has 4 atom stereocenters. The van der Waals surface area contributed by atoms with Crippen molar-refractivity contribution in [2.45, 2.75) is 97.0 Å². The normalized spacial score (nSPS) is 30.4. The Morgan fingerprint density at radius 2 is 1.68 bits per heavy atom. The first-order valence-corrected chi connectivity index (χ1v) is 9.80. The van der Waals surface area contributed by atoms with E-state index < -0.39 is 47.2 Å². The summed E-state index contributed by atoms with van der Waals surface area (Å²) in [6.07, 6.45) is -0.833. The summed E-state index contributed by atoms with van der Waals surface area (Å²) in [5, 5.41) is 9.96. The van der Waals surface area contributed by atoms with Gasteiger partial charge in [-0.25, -0.2) is 9.59 Å². The van der Waals surface area contributed by atoms with Crippen LogP contribution in [0.1, 0.15) is 61.8 Å². The fraction of sp³-hybridized carbons (Fsp3) is 0.900. The predicted octanol–water partition coefficient (Wildman–Crippen LogP) is 2.47. The Kier molecular flexibility index (Phi) is 6.38. The largest absolute Gasteiger partial charge is 0.458 e. The van der Waals surface area contributed by atoms with Crippen LogP contribution in [0.3, 0.4) is 0 Å². The summed E-state index contributed by atoms with van der Waals surface area (Å²) in [4.78, 5) is 27.3. The van der Waals surface area contributed by atoms with Crippen LogP contribution < -0.4 is 0 Å². The number of hydrogen-bond donors (Lipinski definition) is 1. The summed E-state index contributed by atoms with van der Waals surface area (Å²) < 4.78 is 22.7. The van der Waals surface area contributed by atoms with Gasteiger partial charge in [0.25, 0.3) is 0 Å². The smallest absolute Gasteiger partial charge is 0.411 e. The highest BCUT2D eigenvalue weighted by atomic mass is 16.7. The van der Waals surface area contributed by atoms with Crippen LogP contribution in [0.4, 0.5) is 4.79 Å². The Morgan fingerprint density at radius 3 is 2.11 bits per heavy atom. The number of carbonyl (C=O) groups excluding carboxylic acids is 2. The van der Waals surface area contributed by atoms with E-state index in [2.05, 4.69) is 0 Å². The quantitative estimate of drug-likeness (QED) is 0.726. The van der Waals surface area contributed by atoms with Gasteiger partial charge in [0.15, 0.2) is 5.79 Å². The molecule has 162 valence electrons. The number of ether oxygens (including phenoxy) is 4. The molecule has 0 spiro atoms. The Labute approximate surface area is 167 Å². The second-order valence-electron chi connectivity index (χ2n) is 9.97. The standard InChI is InChI=1S/C20H35NO7/c1-18(2,3)27-16(23)13-9-12(10-22)15(14-11-25-20(7,8)26-14)21(13)17(24)28-19(4,5)6/h12-15,22H,9-11H2,1-8H3/t12-,13+,14-,15-/m1/s1. The molecular formula is C20H35NO7. The number of likely N-dealkylation sites (tertiary alicyclic amines) is 1. The molecule has 0 aromatic heterocycles. The van der Waals surface area contributed by atoms with Gasteiger partial charge in [-0.15, -0.1) is 0 Å². The molecule has 1 N–H and O–H groups in total. The average molecular weight is 402 g/mol. The SMILES string of the molecule is CC(C)(C)OC(=O)[C@@H]1C[C@H](CO)[C@H]([C@H]2COC(C)(C)O2)N1C(=O)OC(C)(C)C. The van der Waals surface area contributed by atoms with Gasteiger partial charge in [-0.1, -0.05) is 0 Å². The molecule has 0 aromatic rings. The van der Waals surface area contributed by atoms with Crippen LogP contribution in [0.5, 0.6) is 0 Å². The monoisotopic (exact) mass is 401 g/mol. The van der Waals surface area contributed by atoms with Gasteiger partial charge in [-0.05, 0) is 61.8 Å². The van der Waals surface area contributed by atoms with Crippen molar-refractivity contribution in [3.8, 4) is 0 Å². The zero-order chi connectivity index (χ0) is 21.5. The summed E-state index contributed by atoms with van der Waals surface area (Å²) in [6, 6.07) is -1.41. The molecule has 28 heavy (non-hydrogen) atoms. The molecule has 8 nitrogen and oxygen atoms in total. The lowest BCUT2D eigenvalue weighted by Gasteiger charge is -2.35. The highest BCUT2D eigenvalue weighted by Gasteiger charge is 2.54. The molecule has 2 saturated heterocycles. The fourth-order valence-corrected chi connectivity index (χ4v) is 3.67. The molecule has 0 aliphatic carbocycles. The third-order valence-corrected chi connectivity index (χ3v) is 4.59. The van der Waals surface area contributed by atoms with Crippen LogP contribution >= 0.6 is 0 Å². The third-order valence-electron chi connectivity index (χ3n) is 4.59. The van der Waals surface area contributed by atoms with Gasteiger partial charge in [-0.3, -0.25) is 4.90 Å². The molecule has 2 rings (SSSR count). The van der Waals surface area contributed by atoms with Crippen molar-refractivity contribution in [3.05, 3.63) is 0 Å². The molecule has 0 unspecified atom stereocenters. The summed E-state index contributed by atoms with van der Waals surface area (Å²) in [6.45, 7) is 14.3. The first-order valence-electron chi connectivity index (χ1n) is 9.80. The summed E-state index contributed by atoms with van der Waals surface area (Å²) in [5.74, 6) is -1.67. The van der Waals surface area contributed by atoms with Gasteiger partial charge in [-0.2, -0.15) is 0 Å². The van der Waals surface area contributed by atoms with Crippen LogP contribution in [0.15, 0.2) is 0 Å². The summed E-state index contributed by atoms with van der Waals surface area (Å²) in [7, 11) is 0. The molecule has 0 radical (unpaired) electrons. The molecule has 0 bridgehead atoms. The highest BCUT2D eigenvalue weighted by Crippen LogP contribution is 2.39. The van der Waals surface area contributed by atoms with Crippen LogP contribution in [-0.4, -0.2) is 70.5 Å². The van der Waals surface area contributed by atoms with E-state index in [0.717, 1.165) is 0 Å². The number of amides is 1. The predicted molar refractivity (Wildman–Crippen MR) is 102 cm³/mol. The van der Waals surface area contributed by atoms with Gasteiger partial charge in [0.05, 0.1) is 12.6 Å². The highest BCUT2D eigenvalue weighted by molar-refractivity contribution is 5.83. The van der Waals surface area contributed by atoms with Gasteiger partial charge >= 0.3 is 12.1 Å². The first-order chi connectivity index (χ1) is 12.6. The topological polar surface area (TPSA) is 94.5 Å². The van der Waals surface area contributed by atoms with Crippen molar-refractivity contribution in [1.29, 1.82) is 0 Å². The maximum Gasteiger partial charge on any atom is 0.411 e. The van der Waals surface area contributed by atoms with E-state index >= 15 is 0 Å². The average Bonchev–Trinajstić information content (AvgIpc) is 3.03. The summed E-state index contributed by atoms with van der Waals surface area (Å²) >= 11 is 0. The Bertz CT molecular complexity index is 590. The maximum atomic E-state index is 13.0. The maximum absolute atomic E-state index is 13.0. The minimum atomic E-state index is -0.858. The van der Waals surface area contributed by atoms with Crippen molar-refractivity contribution in [1.82, 2.24) is 4.90 Å². The zero-order valence-corrected chi connectivity index (χ0v) is 18.3. The van der Waals surface area contributed by atoms with E-state index in [1.54, 1.807) is 55.4 Å². The van der Waals surface area contributed by atoms with E-state index in [9.17, 15) is 14.7 Å². The van der Waals surface area contributed by atoms with Crippen LogP contribution in [0.25, 0.3) is 0 Å². The Hall–Kier alpha value is -1.38. The second-order valence-corrected chi connectivity index (χ2v) is 9.97. The van der Waals surface area contributed by atoms with Gasteiger partial charge < -0.3 is 24.1 Å². The molecular weight excluding hydrogens is 366 g/mol. The zero-order valence-electron chi connectivity index (χ0n) is 18.3. The van der Waals surface area contributed by atoms with E-state index in [1.165, 1.54) is 4.90 Å². The summed E-state index contributed by atoms with van der Waals surface area (Å²) in [5.41, 5.74) is -1.43. The minimum Gasteiger partial charge on any atom is -0.458 e. The number of hydrogen-bond acceptors (Lipinski definition) is 7. The van der Waals surface area contributed by atoms with Crippen LogP contribution in [0.2, 0.25) is 0 Å². The van der Waals surface area contributed by atoms with Gasteiger partial charge in [0, 0.05) is 12.5 Å². The van der Waals surface area contributed by atoms with Crippen molar-refractivity contribution in [3.63, 3.8) is 0 Å². The van der Waals surface area contributed by atoms with Crippen molar-refractivity contribution in [2.24, 2.45) is 5.92 Å². The minimum absolute atomic E-state index is 0.191. The number of aliphatic hydroxyl groups is 1. The molecule has 8 heteroatoms. The molecule has 1 amide bonds. The second kappa shape index (κ2) is 7.80. The lowest BCUT2D eigenvalue weighted by Crippen LogP contribution is -2.53. The Balaban J connectivity index is 2.36. The van der Waals surface area contributed by atoms with Crippen LogP contribution in [0, 0.1) is 5.92 Å². The number of aliphatic hydroxyl groups excluding tert-OH is 1. The van der Waals surface area contributed by atoms with Crippen molar-refractivity contribution >= 4 is 12.1 Å². The Morgan fingerprint density at radius 1 is 1.11 bits per heavy atom. The van der Waals surface area contributed by atoms with E-state index in [-0.39, 0.29) is 25.6 Å². The van der Waals surface area contributed by atoms with Crippen molar-refractivity contribution < 1.29 is 33.6 Å². The number of esters is 1. The third kappa shape index (κ3) is 5.58. The lowest BCUT2D eigenvalue weighted by atomic mass is 9.96. The van der Waals surface area contributed by atoms with Gasteiger partial charge in [0.1, 0.15) is 23.3 Å². The van der Waals surface area contributed by atoms with E-state index in [4.69, 9.17) is 18.9 Å². The molecule has 2 aliphatic heterocycles. The molecule has 0 aromatic carbocycles. The number of carbonyl (C=O) groups is 2. The van der Waals surface area contributed by atoms with Gasteiger partial charge in [0.2, 0.25) is 0 Å².